The summed E-state index contributed by atoms with van der Waals surface area (Å²) < 4.78 is 0. The molecule has 1 N–H and O–H groups in total. The normalized spacial score (nSPS) is 43.9. The van der Waals surface area contributed by atoms with Gasteiger partial charge < -0.3 is 5.11 Å². The molecule has 0 saturated heterocycles. The standard InChI is InChI=1S/C30H48O2/c1-19(2)10-9-11-20(3)21-12-17-30(8)26-22(13-16-29(21,30)7)28(6)15-14-25(32)27(4,5)24(28)18-23(26)31/h10,20-21,23-24,31H,9,11-18H2,1-8H3/t20-,21-,23-,24+,28-,29-,30+/m1/s1. The Hall–Kier alpha value is -0.890. The van der Waals surface area contributed by atoms with E-state index in [1.165, 1.54) is 43.3 Å². The Morgan fingerprint density at radius 2 is 1.78 bits per heavy atom. The molecule has 4 aliphatic rings. The number of hydrogen-bond donors (Lipinski definition) is 1. The molecule has 2 saturated carbocycles. The summed E-state index contributed by atoms with van der Waals surface area (Å²) in [5, 5.41) is 11.7. The van der Waals surface area contributed by atoms with Gasteiger partial charge in [-0.25, -0.2) is 0 Å². The Kier molecular flexibility index (Phi) is 5.93. The molecule has 0 unspecified atom stereocenters. The second-order valence-electron chi connectivity index (χ2n) is 13.5. The molecule has 0 radical (unpaired) electrons. The van der Waals surface area contributed by atoms with Crippen LogP contribution in [0.15, 0.2) is 22.8 Å². The Morgan fingerprint density at radius 3 is 2.44 bits per heavy atom. The monoisotopic (exact) mass is 440 g/mol. The van der Waals surface area contributed by atoms with Gasteiger partial charge in [0, 0.05) is 11.8 Å². The van der Waals surface area contributed by atoms with Crippen LogP contribution >= 0.6 is 0 Å². The van der Waals surface area contributed by atoms with Crippen LogP contribution in [0.25, 0.3) is 0 Å². The molecule has 0 amide bonds. The molecule has 0 heterocycles. The molecular formula is C30H48O2. The summed E-state index contributed by atoms with van der Waals surface area (Å²) in [7, 11) is 0. The summed E-state index contributed by atoms with van der Waals surface area (Å²) in [6.07, 6.45) is 11.8. The van der Waals surface area contributed by atoms with Crippen molar-refractivity contribution in [3.8, 4) is 0 Å². The summed E-state index contributed by atoms with van der Waals surface area (Å²) in [4.78, 5) is 12.8. The van der Waals surface area contributed by atoms with E-state index in [0.717, 1.165) is 31.1 Å². The largest absolute Gasteiger partial charge is 0.389 e. The number of rotatable bonds is 4. The number of carbonyl (C=O) groups excluding carboxylic acids is 1. The van der Waals surface area contributed by atoms with Gasteiger partial charge in [-0.15, -0.1) is 0 Å². The van der Waals surface area contributed by atoms with E-state index in [1.54, 1.807) is 5.57 Å². The topological polar surface area (TPSA) is 37.3 Å². The van der Waals surface area contributed by atoms with E-state index in [-0.39, 0.29) is 33.7 Å². The van der Waals surface area contributed by atoms with Crippen LogP contribution in [-0.4, -0.2) is 17.0 Å². The molecule has 4 aliphatic carbocycles. The maximum Gasteiger partial charge on any atom is 0.138 e. The maximum absolute atomic E-state index is 12.8. The number of allylic oxidation sites excluding steroid dienone is 3. The lowest BCUT2D eigenvalue weighted by Gasteiger charge is -2.61. The van der Waals surface area contributed by atoms with E-state index in [0.29, 0.717) is 12.2 Å². The zero-order valence-electron chi connectivity index (χ0n) is 22.1. The van der Waals surface area contributed by atoms with Crippen LogP contribution in [0.2, 0.25) is 0 Å². The molecule has 0 spiro atoms. The van der Waals surface area contributed by atoms with Crippen molar-refractivity contribution in [3.05, 3.63) is 22.8 Å². The van der Waals surface area contributed by atoms with E-state index in [1.807, 2.05) is 0 Å². The van der Waals surface area contributed by atoms with Crippen molar-refractivity contribution in [1.82, 2.24) is 0 Å². The van der Waals surface area contributed by atoms with Gasteiger partial charge in [0.25, 0.3) is 0 Å². The number of carbonyl (C=O) groups is 1. The lowest BCUT2D eigenvalue weighted by molar-refractivity contribution is -0.141. The lowest BCUT2D eigenvalue weighted by Crippen LogP contribution is -2.57. The van der Waals surface area contributed by atoms with Gasteiger partial charge in [-0.2, -0.15) is 0 Å². The van der Waals surface area contributed by atoms with E-state index in [4.69, 9.17) is 0 Å². The van der Waals surface area contributed by atoms with Crippen molar-refractivity contribution >= 4 is 5.78 Å². The van der Waals surface area contributed by atoms with Gasteiger partial charge in [0.05, 0.1) is 6.10 Å². The molecule has 2 nitrogen and oxygen atoms in total. The molecule has 0 aromatic heterocycles. The van der Waals surface area contributed by atoms with Gasteiger partial charge in [-0.05, 0) is 105 Å². The minimum absolute atomic E-state index is 0.0729. The Bertz CT molecular complexity index is 843. The first-order valence-corrected chi connectivity index (χ1v) is 13.4. The van der Waals surface area contributed by atoms with Gasteiger partial charge >= 0.3 is 0 Å². The van der Waals surface area contributed by atoms with Crippen LogP contribution in [0, 0.1) is 39.4 Å². The average molecular weight is 441 g/mol. The fourth-order valence-electron chi connectivity index (χ4n) is 9.24. The van der Waals surface area contributed by atoms with E-state index < -0.39 is 0 Å². The van der Waals surface area contributed by atoms with Crippen LogP contribution in [0.5, 0.6) is 0 Å². The number of aliphatic hydroxyl groups excluding tert-OH is 1. The number of aliphatic hydroxyl groups is 1. The van der Waals surface area contributed by atoms with Crippen molar-refractivity contribution in [2.45, 2.75) is 119 Å². The molecule has 0 aliphatic heterocycles. The number of ketones is 1. The fourth-order valence-corrected chi connectivity index (χ4v) is 9.24. The Balaban J connectivity index is 1.70. The summed E-state index contributed by atoms with van der Waals surface area (Å²) in [5.74, 6) is 2.11. The van der Waals surface area contributed by atoms with Gasteiger partial charge in [-0.1, -0.05) is 58.8 Å². The third kappa shape index (κ3) is 3.25. The highest BCUT2D eigenvalue weighted by Crippen LogP contribution is 2.72. The number of Topliss-reactive ketones (excluding diaryl/α,β-unsaturated/α-hetero) is 1. The molecule has 32 heavy (non-hydrogen) atoms. The molecule has 0 bridgehead atoms. The number of hydrogen-bond acceptors (Lipinski definition) is 2. The van der Waals surface area contributed by atoms with Crippen LogP contribution in [0.3, 0.4) is 0 Å². The Labute approximate surface area is 197 Å². The minimum atomic E-state index is -0.377. The van der Waals surface area contributed by atoms with Crippen LogP contribution in [0.4, 0.5) is 0 Å². The van der Waals surface area contributed by atoms with Gasteiger partial charge in [-0.3, -0.25) is 4.79 Å². The Morgan fingerprint density at radius 1 is 1.09 bits per heavy atom. The summed E-state index contributed by atoms with van der Waals surface area (Å²) in [5.41, 5.74) is 4.49. The fraction of sp³-hybridized carbons (Fsp3) is 0.833. The van der Waals surface area contributed by atoms with Crippen LogP contribution in [-0.2, 0) is 4.79 Å². The second-order valence-corrected chi connectivity index (χ2v) is 13.5. The van der Waals surface area contributed by atoms with Crippen molar-refractivity contribution in [2.75, 3.05) is 0 Å². The first-order chi connectivity index (χ1) is 14.8. The van der Waals surface area contributed by atoms with E-state index >= 15 is 0 Å². The lowest BCUT2D eigenvalue weighted by atomic mass is 9.43. The predicted octanol–water partition coefficient (Wildman–Crippen LogP) is 7.66. The smallest absolute Gasteiger partial charge is 0.138 e. The summed E-state index contributed by atoms with van der Waals surface area (Å²) >= 11 is 0. The first-order valence-electron chi connectivity index (χ1n) is 13.4. The molecule has 4 rings (SSSR count). The van der Waals surface area contributed by atoms with Crippen molar-refractivity contribution in [2.24, 2.45) is 39.4 Å². The van der Waals surface area contributed by atoms with Gasteiger partial charge in [0.1, 0.15) is 5.78 Å². The molecule has 180 valence electrons. The van der Waals surface area contributed by atoms with Gasteiger partial charge in [0.15, 0.2) is 0 Å². The quantitative estimate of drug-likeness (QED) is 0.456. The second kappa shape index (κ2) is 7.82. The zero-order valence-corrected chi connectivity index (χ0v) is 22.1. The minimum Gasteiger partial charge on any atom is -0.389 e. The molecule has 7 atom stereocenters. The van der Waals surface area contributed by atoms with Crippen molar-refractivity contribution < 1.29 is 9.90 Å². The molecular weight excluding hydrogens is 392 g/mol. The highest BCUT2D eigenvalue weighted by Gasteiger charge is 2.65. The summed E-state index contributed by atoms with van der Waals surface area (Å²) in [6.45, 7) is 18.7. The van der Waals surface area contributed by atoms with Crippen molar-refractivity contribution in [1.29, 1.82) is 0 Å². The molecule has 0 aromatic carbocycles. The molecule has 2 fully saturated rings. The van der Waals surface area contributed by atoms with Gasteiger partial charge in [0.2, 0.25) is 0 Å². The summed E-state index contributed by atoms with van der Waals surface area (Å²) in [6, 6.07) is 0. The SMILES string of the molecule is CC(C)=CCC[C@@H](C)[C@H]1CC[C@@]2(C)C3=C(CC[C@]12C)[C@@]1(C)CCC(=O)C(C)(C)[C@@H]1C[C@H]3O. The van der Waals surface area contributed by atoms with Crippen molar-refractivity contribution in [3.63, 3.8) is 0 Å². The highest BCUT2D eigenvalue weighted by molar-refractivity contribution is 5.85. The van der Waals surface area contributed by atoms with Crippen LogP contribution < -0.4 is 0 Å². The van der Waals surface area contributed by atoms with Crippen LogP contribution in [0.1, 0.15) is 113 Å². The average Bonchev–Trinajstić information content (AvgIpc) is 2.98. The third-order valence-electron chi connectivity index (χ3n) is 11.4. The zero-order chi connectivity index (χ0) is 23.7. The molecule has 0 aromatic rings. The van der Waals surface area contributed by atoms with E-state index in [2.05, 4.69) is 61.5 Å². The first kappa shape index (κ1) is 24.2. The van der Waals surface area contributed by atoms with E-state index in [9.17, 15) is 9.90 Å². The third-order valence-corrected chi connectivity index (χ3v) is 11.4. The highest BCUT2D eigenvalue weighted by atomic mass is 16.3. The predicted molar refractivity (Wildman–Crippen MR) is 133 cm³/mol. The molecule has 2 heteroatoms. The number of fused-ring (bicyclic) bond motifs is 4. The maximum atomic E-state index is 12.8.